The van der Waals surface area contributed by atoms with Crippen LogP contribution in [0.25, 0.3) is 0 Å². The fourth-order valence-corrected chi connectivity index (χ4v) is 6.76. The summed E-state index contributed by atoms with van der Waals surface area (Å²) in [4.78, 5) is 12.3. The SMILES string of the molecule is CCCC1(c2ccc(OC(=O)c3ccc(OCF)cc3)cc2)CC[SiH](Cl)CC1. The van der Waals surface area contributed by atoms with Gasteiger partial charge in [-0.1, -0.05) is 25.5 Å². The fraction of sp³-hybridized carbons (Fsp3) is 0.409. The van der Waals surface area contributed by atoms with E-state index in [0.29, 0.717) is 17.1 Å². The number of halogens is 2. The van der Waals surface area contributed by atoms with Crippen LogP contribution in [0.4, 0.5) is 4.39 Å². The van der Waals surface area contributed by atoms with Gasteiger partial charge in [0, 0.05) is 0 Å². The first kappa shape index (κ1) is 20.9. The molecule has 0 radical (unpaired) electrons. The first-order valence-corrected chi connectivity index (χ1v) is 13.2. The number of carbonyl (C=O) groups excluding carboxylic acids is 1. The summed E-state index contributed by atoms with van der Waals surface area (Å²) in [6.07, 6.45) is 4.63. The maximum Gasteiger partial charge on any atom is 0.343 e. The van der Waals surface area contributed by atoms with Gasteiger partial charge in [-0.2, -0.15) is 11.1 Å². The summed E-state index contributed by atoms with van der Waals surface area (Å²) in [5.41, 5.74) is 1.92. The summed E-state index contributed by atoms with van der Waals surface area (Å²) in [6.45, 7) is 1.33. The van der Waals surface area contributed by atoms with E-state index in [1.807, 2.05) is 12.1 Å². The Balaban J connectivity index is 1.68. The zero-order chi connectivity index (χ0) is 20.0. The standard InChI is InChI=1S/C22H26ClFO3Si/c1-2-11-22(12-14-28(23)15-13-22)18-5-9-20(10-6-18)27-21(25)17-3-7-19(8-4-17)26-16-24/h3-10,28H,2,11-16H2,1H3. The molecule has 6 heteroatoms. The Kier molecular flexibility index (Phi) is 7.13. The highest BCUT2D eigenvalue weighted by atomic mass is 35.6. The number of rotatable bonds is 7. The van der Waals surface area contributed by atoms with Gasteiger partial charge in [0.25, 0.3) is 0 Å². The third-order valence-corrected chi connectivity index (χ3v) is 8.73. The molecule has 0 aliphatic carbocycles. The molecule has 0 atom stereocenters. The average molecular weight is 421 g/mol. The molecule has 1 saturated heterocycles. The van der Waals surface area contributed by atoms with Crippen molar-refractivity contribution in [3.05, 3.63) is 59.7 Å². The Morgan fingerprint density at radius 2 is 1.68 bits per heavy atom. The molecule has 0 unspecified atom stereocenters. The molecule has 1 aliphatic heterocycles. The van der Waals surface area contributed by atoms with Gasteiger partial charge >= 0.3 is 5.97 Å². The van der Waals surface area contributed by atoms with E-state index < -0.39 is 20.9 Å². The van der Waals surface area contributed by atoms with Gasteiger partial charge < -0.3 is 9.47 Å². The highest BCUT2D eigenvalue weighted by Gasteiger charge is 2.36. The molecular weight excluding hydrogens is 395 g/mol. The van der Waals surface area contributed by atoms with Crippen LogP contribution < -0.4 is 9.47 Å². The molecule has 2 aromatic carbocycles. The highest BCUT2D eigenvalue weighted by Crippen LogP contribution is 2.44. The van der Waals surface area contributed by atoms with E-state index in [0.717, 1.165) is 25.7 Å². The third kappa shape index (κ3) is 4.95. The van der Waals surface area contributed by atoms with Gasteiger partial charge in [-0.25, -0.2) is 9.18 Å². The number of ether oxygens (including phenoxy) is 2. The molecule has 3 nitrogen and oxygen atoms in total. The first-order valence-electron chi connectivity index (χ1n) is 9.82. The van der Waals surface area contributed by atoms with Crippen molar-refractivity contribution in [1.29, 1.82) is 0 Å². The van der Waals surface area contributed by atoms with Gasteiger partial charge in [-0.05, 0) is 78.7 Å². The van der Waals surface area contributed by atoms with Gasteiger partial charge in [-0.15, -0.1) is 0 Å². The lowest BCUT2D eigenvalue weighted by Crippen LogP contribution is -2.32. The van der Waals surface area contributed by atoms with Gasteiger partial charge in [0.2, 0.25) is 6.86 Å². The van der Waals surface area contributed by atoms with Crippen LogP contribution in [0.5, 0.6) is 11.5 Å². The van der Waals surface area contributed by atoms with Crippen LogP contribution in [0.15, 0.2) is 48.5 Å². The second-order valence-electron chi connectivity index (χ2n) is 7.40. The molecule has 28 heavy (non-hydrogen) atoms. The Bertz CT molecular complexity index is 771. The minimum absolute atomic E-state index is 0.210. The molecule has 0 aromatic heterocycles. The quantitative estimate of drug-likeness (QED) is 0.238. The minimum atomic E-state index is -1.02. The predicted molar refractivity (Wildman–Crippen MR) is 113 cm³/mol. The lowest BCUT2D eigenvalue weighted by molar-refractivity contribution is 0.0734. The summed E-state index contributed by atoms with van der Waals surface area (Å²) in [6, 6.07) is 16.5. The third-order valence-electron chi connectivity index (χ3n) is 5.59. The smallest absolute Gasteiger partial charge is 0.343 e. The summed E-state index contributed by atoms with van der Waals surface area (Å²) in [5, 5.41) is 0. The summed E-state index contributed by atoms with van der Waals surface area (Å²) in [7, 11) is -1.02. The average Bonchev–Trinajstić information content (AvgIpc) is 2.71. The molecule has 1 heterocycles. The molecule has 3 rings (SSSR count). The Morgan fingerprint density at radius 1 is 1.07 bits per heavy atom. The lowest BCUT2D eigenvalue weighted by Gasteiger charge is -2.39. The molecule has 0 saturated carbocycles. The maximum absolute atomic E-state index is 12.3. The molecule has 1 fully saturated rings. The van der Waals surface area contributed by atoms with E-state index in [9.17, 15) is 9.18 Å². The topological polar surface area (TPSA) is 35.5 Å². The summed E-state index contributed by atoms with van der Waals surface area (Å²) < 4.78 is 22.4. The van der Waals surface area contributed by atoms with E-state index in [-0.39, 0.29) is 5.41 Å². The molecule has 0 N–H and O–H groups in total. The molecule has 1 aliphatic rings. The number of benzene rings is 2. The van der Waals surface area contributed by atoms with Gasteiger partial charge in [0.05, 0.1) is 5.56 Å². The van der Waals surface area contributed by atoms with Gasteiger partial charge in [-0.3, -0.25) is 0 Å². The van der Waals surface area contributed by atoms with Crippen LogP contribution in [-0.2, 0) is 5.41 Å². The van der Waals surface area contributed by atoms with Crippen molar-refractivity contribution >= 4 is 25.2 Å². The van der Waals surface area contributed by atoms with Crippen molar-refractivity contribution in [2.24, 2.45) is 0 Å². The van der Waals surface area contributed by atoms with Crippen molar-refractivity contribution < 1.29 is 18.7 Å². The molecular formula is C22H26ClFO3Si. The first-order chi connectivity index (χ1) is 13.6. The van der Waals surface area contributed by atoms with Crippen molar-refractivity contribution in [2.75, 3.05) is 6.86 Å². The zero-order valence-electron chi connectivity index (χ0n) is 16.1. The highest BCUT2D eigenvalue weighted by molar-refractivity contribution is 7.07. The van der Waals surface area contributed by atoms with Gasteiger partial charge in [0.1, 0.15) is 19.6 Å². The molecule has 2 aromatic rings. The lowest BCUT2D eigenvalue weighted by atomic mass is 9.72. The number of hydrogen-bond donors (Lipinski definition) is 0. The molecule has 0 amide bonds. The van der Waals surface area contributed by atoms with E-state index in [1.54, 1.807) is 24.3 Å². The van der Waals surface area contributed by atoms with E-state index in [1.165, 1.54) is 17.7 Å². The maximum atomic E-state index is 12.3. The van der Waals surface area contributed by atoms with E-state index in [4.69, 9.17) is 20.6 Å². The molecule has 150 valence electrons. The van der Waals surface area contributed by atoms with Crippen molar-refractivity contribution in [1.82, 2.24) is 0 Å². The normalized spacial score (nSPS) is 21.9. The number of hydrogen-bond acceptors (Lipinski definition) is 3. The van der Waals surface area contributed by atoms with Crippen LogP contribution >= 0.6 is 11.1 Å². The number of carbonyl (C=O) groups is 1. The zero-order valence-corrected chi connectivity index (χ0v) is 18.0. The van der Waals surface area contributed by atoms with Crippen molar-refractivity contribution in [3.8, 4) is 11.5 Å². The second kappa shape index (κ2) is 9.57. The van der Waals surface area contributed by atoms with E-state index >= 15 is 0 Å². The summed E-state index contributed by atoms with van der Waals surface area (Å²) in [5.74, 6) is 0.445. The number of esters is 1. The molecule has 0 spiro atoms. The van der Waals surface area contributed by atoms with Crippen molar-refractivity contribution in [2.45, 2.75) is 50.1 Å². The van der Waals surface area contributed by atoms with Crippen LogP contribution in [0.2, 0.25) is 12.1 Å². The molecule has 0 bridgehead atoms. The van der Waals surface area contributed by atoms with E-state index in [2.05, 4.69) is 19.1 Å². The van der Waals surface area contributed by atoms with Gasteiger partial charge in [0.15, 0.2) is 0 Å². The monoisotopic (exact) mass is 420 g/mol. The summed E-state index contributed by atoms with van der Waals surface area (Å²) >= 11 is 6.45. The second-order valence-corrected chi connectivity index (χ2v) is 11.6. The van der Waals surface area contributed by atoms with Crippen molar-refractivity contribution in [3.63, 3.8) is 0 Å². The number of alkyl halides is 1. The fourth-order valence-electron chi connectivity index (χ4n) is 4.09. The van der Waals surface area contributed by atoms with Crippen LogP contribution in [0, 0.1) is 0 Å². The Morgan fingerprint density at radius 3 is 2.25 bits per heavy atom. The minimum Gasteiger partial charge on any atom is -0.463 e. The van der Waals surface area contributed by atoms with Crippen LogP contribution in [-0.4, -0.2) is 20.9 Å². The Labute approximate surface area is 172 Å². The van der Waals surface area contributed by atoms with Crippen LogP contribution in [0.1, 0.15) is 48.5 Å². The Hall–Kier alpha value is -1.85. The predicted octanol–water partition coefficient (Wildman–Crippen LogP) is 6.01. The largest absolute Gasteiger partial charge is 0.463 e. The van der Waals surface area contributed by atoms with Crippen LogP contribution in [0.3, 0.4) is 0 Å².